The Bertz CT molecular complexity index is 671. The number of carboxylic acid groups (broad SMARTS) is 1. The van der Waals surface area contributed by atoms with E-state index in [0.29, 0.717) is 51.7 Å². The summed E-state index contributed by atoms with van der Waals surface area (Å²) in [5.41, 5.74) is 11.6. The molecule has 4 atom stereocenters. The van der Waals surface area contributed by atoms with Crippen molar-refractivity contribution in [3.63, 3.8) is 0 Å². The van der Waals surface area contributed by atoms with E-state index in [2.05, 4.69) is 5.32 Å². The number of likely N-dealkylation sites (tertiary alicyclic amines) is 2. The minimum absolute atomic E-state index is 0.237. The fourth-order valence-corrected chi connectivity index (χ4v) is 4.39. The lowest BCUT2D eigenvalue weighted by atomic mass is 10.0. The molecule has 0 aromatic rings. The second-order valence-electron chi connectivity index (χ2n) is 8.84. The fourth-order valence-electron chi connectivity index (χ4n) is 4.39. The van der Waals surface area contributed by atoms with Crippen molar-refractivity contribution in [2.24, 2.45) is 17.4 Å². The summed E-state index contributed by atoms with van der Waals surface area (Å²) in [7, 11) is 0. The van der Waals surface area contributed by atoms with E-state index in [-0.39, 0.29) is 17.7 Å². The van der Waals surface area contributed by atoms with Crippen LogP contribution < -0.4 is 16.8 Å². The number of rotatable bonds is 10. The van der Waals surface area contributed by atoms with Crippen molar-refractivity contribution in [3.8, 4) is 0 Å². The van der Waals surface area contributed by atoms with Crippen molar-refractivity contribution >= 4 is 23.7 Å². The molecule has 3 amide bonds. The van der Waals surface area contributed by atoms with E-state index < -0.39 is 36.0 Å². The second-order valence-corrected chi connectivity index (χ2v) is 8.84. The molecule has 176 valence electrons. The van der Waals surface area contributed by atoms with Gasteiger partial charge in [0.1, 0.15) is 18.1 Å². The van der Waals surface area contributed by atoms with Crippen LogP contribution in [0.15, 0.2) is 0 Å². The lowest BCUT2D eigenvalue weighted by molar-refractivity contribution is -0.148. The summed E-state index contributed by atoms with van der Waals surface area (Å²) < 4.78 is 0. The number of aliphatic carboxylic acids is 1. The van der Waals surface area contributed by atoms with Gasteiger partial charge in [-0.1, -0.05) is 20.3 Å². The standard InChI is InChI=1S/C21H37N5O5/c1-13(2)17(21(30)31)24-18(27)15-8-5-11-25(15)20(29)16-9-6-12-26(16)19(28)14(23)7-3-4-10-22/h13-17H,3-12,22-23H2,1-2H3,(H,24,27)(H,30,31). The van der Waals surface area contributed by atoms with Crippen molar-refractivity contribution in [1.29, 1.82) is 0 Å². The molecule has 2 aliphatic heterocycles. The van der Waals surface area contributed by atoms with Crippen LogP contribution >= 0.6 is 0 Å². The van der Waals surface area contributed by atoms with Gasteiger partial charge in [0.2, 0.25) is 17.7 Å². The predicted octanol–water partition coefficient (Wildman–Crippen LogP) is -0.350. The van der Waals surface area contributed by atoms with Crippen LogP contribution in [-0.2, 0) is 19.2 Å². The first kappa shape index (κ1) is 25.1. The van der Waals surface area contributed by atoms with Crippen molar-refractivity contribution < 1.29 is 24.3 Å². The lowest BCUT2D eigenvalue weighted by Gasteiger charge is -2.32. The van der Waals surface area contributed by atoms with Crippen molar-refractivity contribution in [2.45, 2.75) is 83.0 Å². The molecular formula is C21H37N5O5. The number of hydrogen-bond donors (Lipinski definition) is 4. The summed E-state index contributed by atoms with van der Waals surface area (Å²) in [5.74, 6) is -2.33. The van der Waals surface area contributed by atoms with E-state index in [1.807, 2.05) is 0 Å². The van der Waals surface area contributed by atoms with Crippen LogP contribution in [0.4, 0.5) is 0 Å². The fraction of sp³-hybridized carbons (Fsp3) is 0.810. The molecular weight excluding hydrogens is 402 g/mol. The summed E-state index contributed by atoms with van der Waals surface area (Å²) in [6, 6.07) is -3.02. The molecule has 2 aliphatic rings. The highest BCUT2D eigenvalue weighted by Gasteiger charge is 2.43. The maximum absolute atomic E-state index is 13.3. The Labute approximate surface area is 183 Å². The summed E-state index contributed by atoms with van der Waals surface area (Å²) in [4.78, 5) is 53.4. The Morgan fingerprint density at radius 2 is 1.65 bits per heavy atom. The van der Waals surface area contributed by atoms with Crippen LogP contribution in [0.2, 0.25) is 0 Å². The number of hydrogen-bond acceptors (Lipinski definition) is 6. The molecule has 6 N–H and O–H groups in total. The zero-order valence-electron chi connectivity index (χ0n) is 18.6. The van der Waals surface area contributed by atoms with Gasteiger partial charge in [0.15, 0.2) is 0 Å². The van der Waals surface area contributed by atoms with Crippen LogP contribution in [0, 0.1) is 5.92 Å². The maximum atomic E-state index is 13.3. The first-order valence-corrected chi connectivity index (χ1v) is 11.3. The molecule has 0 spiro atoms. The summed E-state index contributed by atoms with van der Waals surface area (Å²) in [5, 5.41) is 11.9. The normalized spacial score (nSPS) is 23.1. The van der Waals surface area contributed by atoms with Gasteiger partial charge in [-0.05, 0) is 51.0 Å². The number of carbonyl (C=O) groups excluding carboxylic acids is 3. The zero-order valence-corrected chi connectivity index (χ0v) is 18.6. The Morgan fingerprint density at radius 1 is 1.03 bits per heavy atom. The highest BCUT2D eigenvalue weighted by atomic mass is 16.4. The number of nitrogens with one attached hydrogen (secondary N) is 1. The number of carbonyl (C=O) groups is 4. The Hall–Kier alpha value is -2.20. The third-order valence-electron chi connectivity index (χ3n) is 6.18. The van der Waals surface area contributed by atoms with Gasteiger partial charge in [0.25, 0.3) is 0 Å². The van der Waals surface area contributed by atoms with Crippen LogP contribution in [0.1, 0.15) is 58.8 Å². The van der Waals surface area contributed by atoms with E-state index in [1.54, 1.807) is 18.7 Å². The van der Waals surface area contributed by atoms with Gasteiger partial charge >= 0.3 is 5.97 Å². The largest absolute Gasteiger partial charge is 0.480 e. The number of nitrogens with zero attached hydrogens (tertiary/aromatic N) is 2. The van der Waals surface area contributed by atoms with E-state index >= 15 is 0 Å². The molecule has 0 radical (unpaired) electrons. The molecule has 10 nitrogen and oxygen atoms in total. The predicted molar refractivity (Wildman–Crippen MR) is 115 cm³/mol. The van der Waals surface area contributed by atoms with Crippen LogP contribution in [-0.4, -0.2) is 82.4 Å². The highest BCUT2D eigenvalue weighted by Crippen LogP contribution is 2.26. The number of carboxylic acids is 1. The van der Waals surface area contributed by atoms with Gasteiger partial charge in [0, 0.05) is 13.1 Å². The van der Waals surface area contributed by atoms with Gasteiger partial charge in [-0.15, -0.1) is 0 Å². The quantitative estimate of drug-likeness (QED) is 0.339. The molecule has 0 aromatic heterocycles. The van der Waals surface area contributed by atoms with Crippen LogP contribution in [0.5, 0.6) is 0 Å². The van der Waals surface area contributed by atoms with E-state index in [0.717, 1.165) is 12.8 Å². The summed E-state index contributed by atoms with van der Waals surface area (Å²) in [6.07, 6.45) is 4.44. The molecule has 2 heterocycles. The number of nitrogens with two attached hydrogens (primary N) is 2. The average Bonchev–Trinajstić information content (AvgIpc) is 3.40. The van der Waals surface area contributed by atoms with Crippen molar-refractivity contribution in [3.05, 3.63) is 0 Å². The van der Waals surface area contributed by atoms with Crippen LogP contribution in [0.3, 0.4) is 0 Å². The van der Waals surface area contributed by atoms with Crippen molar-refractivity contribution in [2.75, 3.05) is 19.6 Å². The molecule has 2 saturated heterocycles. The van der Waals surface area contributed by atoms with Gasteiger partial charge in [0.05, 0.1) is 6.04 Å². The third kappa shape index (κ3) is 6.16. The van der Waals surface area contributed by atoms with Gasteiger partial charge in [-0.25, -0.2) is 4.79 Å². The monoisotopic (exact) mass is 439 g/mol. The molecule has 0 aliphatic carbocycles. The van der Waals surface area contributed by atoms with E-state index in [1.165, 1.54) is 4.90 Å². The first-order valence-electron chi connectivity index (χ1n) is 11.3. The average molecular weight is 440 g/mol. The minimum Gasteiger partial charge on any atom is -0.480 e. The molecule has 2 fully saturated rings. The molecule has 2 rings (SSSR count). The van der Waals surface area contributed by atoms with Crippen molar-refractivity contribution in [1.82, 2.24) is 15.1 Å². The molecule has 4 unspecified atom stereocenters. The lowest BCUT2D eigenvalue weighted by Crippen LogP contribution is -2.56. The first-order chi connectivity index (χ1) is 14.7. The molecule has 0 aromatic carbocycles. The minimum atomic E-state index is -1.10. The molecule has 0 saturated carbocycles. The molecule has 0 bridgehead atoms. The van der Waals surface area contributed by atoms with E-state index in [4.69, 9.17) is 11.5 Å². The summed E-state index contributed by atoms with van der Waals surface area (Å²) in [6.45, 7) is 4.87. The van der Waals surface area contributed by atoms with Gasteiger partial charge < -0.3 is 31.7 Å². The van der Waals surface area contributed by atoms with Gasteiger partial charge in [-0.3, -0.25) is 14.4 Å². The SMILES string of the molecule is CC(C)C(NC(=O)C1CCCN1C(=O)C1CCCN1C(=O)C(N)CCCCN)C(=O)O. The maximum Gasteiger partial charge on any atom is 0.326 e. The Balaban J connectivity index is 2.05. The second kappa shape index (κ2) is 11.4. The van der Waals surface area contributed by atoms with Crippen LogP contribution in [0.25, 0.3) is 0 Å². The third-order valence-corrected chi connectivity index (χ3v) is 6.18. The zero-order chi connectivity index (χ0) is 23.1. The van der Waals surface area contributed by atoms with E-state index in [9.17, 15) is 24.3 Å². The Kier molecular flexibility index (Phi) is 9.24. The number of unbranched alkanes of at least 4 members (excludes halogenated alkanes) is 1. The number of amides is 3. The Morgan fingerprint density at radius 3 is 2.23 bits per heavy atom. The molecule has 10 heteroatoms. The topological polar surface area (TPSA) is 159 Å². The smallest absolute Gasteiger partial charge is 0.326 e. The van der Waals surface area contributed by atoms with Gasteiger partial charge in [-0.2, -0.15) is 0 Å². The highest BCUT2D eigenvalue weighted by molar-refractivity contribution is 5.94. The molecule has 31 heavy (non-hydrogen) atoms. The summed E-state index contributed by atoms with van der Waals surface area (Å²) >= 11 is 0.